The first-order valence-electron chi connectivity index (χ1n) is 12.4. The van der Waals surface area contributed by atoms with Crippen molar-refractivity contribution < 1.29 is 24.2 Å². The van der Waals surface area contributed by atoms with Gasteiger partial charge < -0.3 is 14.6 Å². The summed E-state index contributed by atoms with van der Waals surface area (Å²) in [5.41, 5.74) is 1.83. The molecule has 1 heterocycles. The Hall–Kier alpha value is -2.92. The van der Waals surface area contributed by atoms with Gasteiger partial charge in [0.25, 0.3) is 0 Å². The summed E-state index contributed by atoms with van der Waals surface area (Å²) in [6.07, 6.45) is 11.5. The van der Waals surface area contributed by atoms with Gasteiger partial charge in [-0.3, -0.25) is 0 Å². The number of aliphatic hydroxyl groups excluding tert-OH is 1. The molecule has 34 heavy (non-hydrogen) atoms. The summed E-state index contributed by atoms with van der Waals surface area (Å²) in [5.74, 6) is -0.941. The van der Waals surface area contributed by atoms with Crippen LogP contribution in [-0.2, 0) is 14.3 Å². The van der Waals surface area contributed by atoms with Gasteiger partial charge in [0.1, 0.15) is 6.61 Å². The zero-order valence-electron chi connectivity index (χ0n) is 20.1. The number of hydrogen-bond acceptors (Lipinski definition) is 5. The van der Waals surface area contributed by atoms with E-state index in [1.165, 1.54) is 32.1 Å². The molecule has 1 fully saturated rings. The molecule has 0 amide bonds. The topological polar surface area (TPSA) is 72.8 Å². The van der Waals surface area contributed by atoms with Crippen LogP contribution < -0.4 is 0 Å². The molecule has 0 aromatic heterocycles. The summed E-state index contributed by atoms with van der Waals surface area (Å²) in [6.45, 7) is 1.64. The highest BCUT2D eigenvalue weighted by Crippen LogP contribution is 2.32. The number of ether oxygens (including phenoxy) is 2. The molecule has 0 saturated carbocycles. The molecule has 1 atom stereocenters. The molecule has 2 aromatic rings. The van der Waals surface area contributed by atoms with Crippen LogP contribution in [0, 0.1) is 0 Å². The Bertz CT molecular complexity index is 948. The lowest BCUT2D eigenvalue weighted by Crippen LogP contribution is -2.39. The SMILES string of the molecule is CCCCCCCCC/C=C1/CC(CO)(COC(=O)c2ccc(-c3ccccc3)cc2)OC1=O. The van der Waals surface area contributed by atoms with Gasteiger partial charge in [-0.2, -0.15) is 0 Å². The second-order valence-electron chi connectivity index (χ2n) is 9.07. The van der Waals surface area contributed by atoms with E-state index in [9.17, 15) is 14.7 Å². The Kier molecular flexibility index (Phi) is 9.89. The number of allylic oxidation sites excluding steroid dienone is 1. The van der Waals surface area contributed by atoms with Crippen molar-refractivity contribution >= 4 is 11.9 Å². The van der Waals surface area contributed by atoms with Crippen LogP contribution >= 0.6 is 0 Å². The van der Waals surface area contributed by atoms with E-state index >= 15 is 0 Å². The first kappa shape index (κ1) is 25.7. The maximum atomic E-state index is 12.5. The maximum Gasteiger partial charge on any atom is 0.338 e. The number of benzene rings is 2. The lowest BCUT2D eigenvalue weighted by molar-refractivity contribution is -0.154. The number of esters is 2. The Balaban J connectivity index is 1.48. The summed E-state index contributed by atoms with van der Waals surface area (Å²) in [6, 6.07) is 17.1. The molecule has 3 rings (SSSR count). The highest BCUT2D eigenvalue weighted by atomic mass is 16.6. The second-order valence-corrected chi connectivity index (χ2v) is 9.07. The molecule has 2 aromatic carbocycles. The summed E-state index contributed by atoms with van der Waals surface area (Å²) < 4.78 is 10.9. The monoisotopic (exact) mass is 464 g/mol. The average Bonchev–Trinajstić information content (AvgIpc) is 3.20. The van der Waals surface area contributed by atoms with Gasteiger partial charge >= 0.3 is 11.9 Å². The van der Waals surface area contributed by atoms with E-state index < -0.39 is 24.1 Å². The van der Waals surface area contributed by atoms with Gasteiger partial charge in [0, 0.05) is 12.0 Å². The van der Waals surface area contributed by atoms with E-state index in [4.69, 9.17) is 9.47 Å². The van der Waals surface area contributed by atoms with Crippen LogP contribution in [0.15, 0.2) is 66.2 Å². The molecule has 1 saturated heterocycles. The number of rotatable bonds is 13. The van der Waals surface area contributed by atoms with Crippen molar-refractivity contribution in [1.82, 2.24) is 0 Å². The lowest BCUT2D eigenvalue weighted by Gasteiger charge is -2.24. The van der Waals surface area contributed by atoms with E-state index in [0.717, 1.165) is 30.4 Å². The van der Waals surface area contributed by atoms with Crippen LogP contribution in [0.4, 0.5) is 0 Å². The van der Waals surface area contributed by atoms with E-state index in [-0.39, 0.29) is 13.0 Å². The van der Waals surface area contributed by atoms with Gasteiger partial charge in [0.15, 0.2) is 5.60 Å². The van der Waals surface area contributed by atoms with E-state index in [1.54, 1.807) is 12.1 Å². The van der Waals surface area contributed by atoms with Gasteiger partial charge in [-0.15, -0.1) is 0 Å². The van der Waals surface area contributed by atoms with Crippen molar-refractivity contribution in [3.63, 3.8) is 0 Å². The Morgan fingerprint density at radius 3 is 2.29 bits per heavy atom. The van der Waals surface area contributed by atoms with Crippen LogP contribution in [0.5, 0.6) is 0 Å². The first-order valence-corrected chi connectivity index (χ1v) is 12.4. The third-order valence-electron chi connectivity index (χ3n) is 6.26. The smallest absolute Gasteiger partial charge is 0.338 e. The fraction of sp³-hybridized carbons (Fsp3) is 0.448. The van der Waals surface area contributed by atoms with Crippen LogP contribution in [0.1, 0.15) is 75.1 Å². The minimum absolute atomic E-state index is 0.177. The molecule has 0 radical (unpaired) electrons. The number of carbonyl (C=O) groups excluding carboxylic acids is 2. The van der Waals surface area contributed by atoms with Crippen molar-refractivity contribution in [1.29, 1.82) is 0 Å². The molecule has 0 spiro atoms. The number of unbranched alkanes of at least 4 members (excludes halogenated alkanes) is 7. The number of hydrogen-bond donors (Lipinski definition) is 1. The van der Waals surface area contributed by atoms with Crippen molar-refractivity contribution in [3.8, 4) is 11.1 Å². The largest absolute Gasteiger partial charge is 0.458 e. The zero-order chi connectivity index (χ0) is 24.2. The molecule has 0 aliphatic carbocycles. The predicted octanol–water partition coefficient (Wildman–Crippen LogP) is 6.26. The first-order chi connectivity index (χ1) is 16.6. The minimum Gasteiger partial charge on any atom is -0.458 e. The van der Waals surface area contributed by atoms with Gasteiger partial charge in [-0.05, 0) is 36.1 Å². The molecule has 182 valence electrons. The number of cyclic esters (lactones) is 1. The molecule has 1 aliphatic rings. The average molecular weight is 465 g/mol. The Morgan fingerprint density at radius 1 is 0.971 bits per heavy atom. The highest BCUT2D eigenvalue weighted by molar-refractivity contribution is 5.92. The summed E-state index contributed by atoms with van der Waals surface area (Å²) in [7, 11) is 0. The van der Waals surface area contributed by atoms with E-state index in [1.807, 2.05) is 48.5 Å². The summed E-state index contributed by atoms with van der Waals surface area (Å²) in [5, 5.41) is 9.91. The molecule has 1 aliphatic heterocycles. The maximum absolute atomic E-state index is 12.5. The molecule has 1 unspecified atom stereocenters. The summed E-state index contributed by atoms with van der Waals surface area (Å²) in [4.78, 5) is 24.9. The normalized spacial score (nSPS) is 18.8. The lowest BCUT2D eigenvalue weighted by atomic mass is 9.98. The molecule has 5 heteroatoms. The van der Waals surface area contributed by atoms with Gasteiger partial charge in [-0.1, -0.05) is 94.0 Å². The third-order valence-corrected chi connectivity index (χ3v) is 6.26. The fourth-order valence-electron chi connectivity index (χ4n) is 4.17. The van der Waals surface area contributed by atoms with E-state index in [0.29, 0.717) is 11.1 Å². The second kappa shape index (κ2) is 13.1. The zero-order valence-corrected chi connectivity index (χ0v) is 20.1. The molecular weight excluding hydrogens is 428 g/mol. The quantitative estimate of drug-likeness (QED) is 0.215. The van der Waals surface area contributed by atoms with Crippen LogP contribution in [-0.4, -0.2) is 35.9 Å². The predicted molar refractivity (Wildman–Crippen MR) is 133 cm³/mol. The summed E-state index contributed by atoms with van der Waals surface area (Å²) >= 11 is 0. The molecule has 0 bridgehead atoms. The van der Waals surface area contributed by atoms with Crippen molar-refractivity contribution in [2.75, 3.05) is 13.2 Å². The van der Waals surface area contributed by atoms with Crippen molar-refractivity contribution in [3.05, 3.63) is 71.8 Å². The van der Waals surface area contributed by atoms with Crippen LogP contribution in [0.25, 0.3) is 11.1 Å². The third kappa shape index (κ3) is 7.29. The van der Waals surface area contributed by atoms with E-state index in [2.05, 4.69) is 6.92 Å². The van der Waals surface area contributed by atoms with Gasteiger partial charge in [-0.25, -0.2) is 9.59 Å². The number of carbonyl (C=O) groups is 2. The Labute approximate surface area is 202 Å². The highest BCUT2D eigenvalue weighted by Gasteiger charge is 2.44. The Morgan fingerprint density at radius 2 is 1.62 bits per heavy atom. The van der Waals surface area contributed by atoms with Gasteiger partial charge in [0.05, 0.1) is 12.2 Å². The number of aliphatic hydroxyl groups is 1. The molecule has 1 N–H and O–H groups in total. The standard InChI is InChI=1S/C29H36O5/c1-2-3-4-5-6-7-8-10-15-26-20-29(21-30,34-28(26)32)22-33-27(31)25-18-16-24(17-19-25)23-13-11-9-12-14-23/h9,11-19,30H,2-8,10,20-22H2,1H3/b26-15-. The minimum atomic E-state index is -1.21. The van der Waals surface area contributed by atoms with Crippen molar-refractivity contribution in [2.24, 2.45) is 0 Å². The molecular formula is C29H36O5. The molecule has 5 nitrogen and oxygen atoms in total. The van der Waals surface area contributed by atoms with Crippen LogP contribution in [0.2, 0.25) is 0 Å². The fourth-order valence-corrected chi connectivity index (χ4v) is 4.17. The van der Waals surface area contributed by atoms with Crippen LogP contribution in [0.3, 0.4) is 0 Å². The van der Waals surface area contributed by atoms with Crippen molar-refractivity contribution in [2.45, 2.75) is 70.3 Å². The van der Waals surface area contributed by atoms with Gasteiger partial charge in [0.2, 0.25) is 0 Å².